The van der Waals surface area contributed by atoms with Crippen LogP contribution in [0.15, 0.2) is 36.5 Å². The highest BCUT2D eigenvalue weighted by Crippen LogP contribution is 2.32. The lowest BCUT2D eigenvalue weighted by atomic mass is 10.1. The van der Waals surface area contributed by atoms with E-state index >= 15 is 0 Å². The molecule has 1 aromatic heterocycles. The van der Waals surface area contributed by atoms with Crippen molar-refractivity contribution < 1.29 is 9.53 Å². The van der Waals surface area contributed by atoms with E-state index in [0.29, 0.717) is 30.8 Å². The lowest BCUT2D eigenvalue weighted by Gasteiger charge is -2.16. The van der Waals surface area contributed by atoms with Crippen molar-refractivity contribution in [1.82, 2.24) is 20.0 Å². The van der Waals surface area contributed by atoms with Crippen molar-refractivity contribution in [2.45, 2.75) is 31.8 Å². The minimum Gasteiger partial charge on any atom is -0.494 e. The highest BCUT2D eigenvalue weighted by atomic mass is 16.5. The van der Waals surface area contributed by atoms with Gasteiger partial charge in [0.05, 0.1) is 12.8 Å². The van der Waals surface area contributed by atoms with Gasteiger partial charge in [-0.2, -0.15) is 5.10 Å². The van der Waals surface area contributed by atoms with Crippen LogP contribution in [0.2, 0.25) is 0 Å². The molecule has 2 aliphatic rings. The Morgan fingerprint density at radius 2 is 2.12 bits per heavy atom. The highest BCUT2D eigenvalue weighted by Gasteiger charge is 2.38. The molecule has 1 saturated carbocycles. The van der Waals surface area contributed by atoms with E-state index in [1.165, 1.54) is 12.8 Å². The molecule has 1 aromatic carbocycles. The molecule has 1 aliphatic heterocycles. The van der Waals surface area contributed by atoms with Crippen LogP contribution < -0.4 is 10.1 Å². The van der Waals surface area contributed by atoms with Crippen LogP contribution in [0, 0.1) is 5.92 Å². The number of ether oxygens (including phenoxy) is 1. The molecule has 6 nitrogen and oxygen atoms in total. The Kier molecular flexibility index (Phi) is 4.44. The predicted molar refractivity (Wildman–Crippen MR) is 94.7 cm³/mol. The molecule has 4 rings (SSSR count). The predicted octanol–water partition coefficient (Wildman–Crippen LogP) is 1.98. The first-order valence-corrected chi connectivity index (χ1v) is 8.92. The van der Waals surface area contributed by atoms with Crippen LogP contribution in [-0.2, 0) is 11.3 Å². The van der Waals surface area contributed by atoms with Crippen LogP contribution in [0.3, 0.4) is 0 Å². The topological polar surface area (TPSA) is 59.4 Å². The largest absolute Gasteiger partial charge is 0.494 e. The maximum atomic E-state index is 12.0. The fourth-order valence-corrected chi connectivity index (χ4v) is 3.58. The summed E-state index contributed by atoms with van der Waals surface area (Å²) in [4.78, 5) is 14.1. The van der Waals surface area contributed by atoms with Crippen LogP contribution in [0.5, 0.6) is 5.75 Å². The van der Waals surface area contributed by atoms with E-state index < -0.39 is 0 Å². The summed E-state index contributed by atoms with van der Waals surface area (Å²) in [5.41, 5.74) is 2.01. The zero-order valence-corrected chi connectivity index (χ0v) is 14.5. The molecular weight excluding hydrogens is 316 g/mol. The SMILES string of the molecule is COc1ccccc1-n1nccc1CNCC1CC(=O)N(C2CC2)C1. The molecule has 132 valence electrons. The first-order valence-electron chi connectivity index (χ1n) is 8.92. The quantitative estimate of drug-likeness (QED) is 0.837. The molecule has 1 unspecified atom stereocenters. The molecule has 0 bridgehead atoms. The standard InChI is InChI=1S/C19H24N4O2/c1-25-18-5-3-2-4-17(18)23-16(8-9-21-23)12-20-11-14-10-19(24)22(13-14)15-6-7-15/h2-5,8-9,14-15,20H,6-7,10-13H2,1H3. The first kappa shape index (κ1) is 16.1. The second-order valence-corrected chi connectivity index (χ2v) is 6.88. The molecule has 1 amide bonds. The average molecular weight is 340 g/mol. The highest BCUT2D eigenvalue weighted by molar-refractivity contribution is 5.79. The zero-order valence-electron chi connectivity index (χ0n) is 14.5. The Hall–Kier alpha value is -2.34. The Balaban J connectivity index is 1.36. The van der Waals surface area contributed by atoms with Gasteiger partial charge in [0.1, 0.15) is 11.4 Å². The van der Waals surface area contributed by atoms with E-state index in [2.05, 4.69) is 15.3 Å². The molecule has 0 radical (unpaired) electrons. The molecule has 2 aromatic rings. The monoisotopic (exact) mass is 340 g/mol. The second-order valence-electron chi connectivity index (χ2n) is 6.88. The fourth-order valence-electron chi connectivity index (χ4n) is 3.58. The van der Waals surface area contributed by atoms with Crippen molar-refractivity contribution >= 4 is 5.91 Å². The summed E-state index contributed by atoms with van der Waals surface area (Å²) in [6.45, 7) is 2.47. The van der Waals surface area contributed by atoms with E-state index in [0.717, 1.165) is 30.2 Å². The molecule has 1 N–H and O–H groups in total. The number of likely N-dealkylation sites (tertiary alicyclic amines) is 1. The number of nitrogens with zero attached hydrogens (tertiary/aromatic N) is 3. The van der Waals surface area contributed by atoms with Crippen molar-refractivity contribution in [3.8, 4) is 11.4 Å². The number of rotatable bonds is 7. The molecule has 1 atom stereocenters. The van der Waals surface area contributed by atoms with Gasteiger partial charge in [0, 0.05) is 38.3 Å². The lowest BCUT2D eigenvalue weighted by molar-refractivity contribution is -0.128. The van der Waals surface area contributed by atoms with Crippen LogP contribution in [-0.4, -0.2) is 46.8 Å². The van der Waals surface area contributed by atoms with Gasteiger partial charge in [-0.05, 0) is 37.0 Å². The zero-order chi connectivity index (χ0) is 17.2. The van der Waals surface area contributed by atoms with E-state index in [4.69, 9.17) is 4.74 Å². The van der Waals surface area contributed by atoms with Gasteiger partial charge >= 0.3 is 0 Å². The minimum atomic E-state index is 0.327. The number of carbonyl (C=O) groups is 1. The van der Waals surface area contributed by atoms with Crippen LogP contribution >= 0.6 is 0 Å². The molecule has 1 aliphatic carbocycles. The molecular formula is C19H24N4O2. The van der Waals surface area contributed by atoms with Crippen molar-refractivity contribution in [1.29, 1.82) is 0 Å². The van der Waals surface area contributed by atoms with Gasteiger partial charge < -0.3 is 15.0 Å². The van der Waals surface area contributed by atoms with E-state index in [-0.39, 0.29) is 0 Å². The van der Waals surface area contributed by atoms with E-state index in [9.17, 15) is 4.79 Å². The van der Waals surface area contributed by atoms with E-state index in [1.807, 2.05) is 35.0 Å². The van der Waals surface area contributed by atoms with Crippen molar-refractivity contribution in [2.75, 3.05) is 20.2 Å². The summed E-state index contributed by atoms with van der Waals surface area (Å²) in [5, 5.41) is 7.93. The van der Waals surface area contributed by atoms with Crippen molar-refractivity contribution in [3.05, 3.63) is 42.2 Å². The Bertz CT molecular complexity index is 753. The third-order valence-electron chi connectivity index (χ3n) is 5.00. The summed E-state index contributed by atoms with van der Waals surface area (Å²) in [5.74, 6) is 1.54. The lowest BCUT2D eigenvalue weighted by Crippen LogP contribution is -2.29. The summed E-state index contributed by atoms with van der Waals surface area (Å²) in [6, 6.07) is 10.4. The van der Waals surface area contributed by atoms with Gasteiger partial charge in [0.2, 0.25) is 5.91 Å². The van der Waals surface area contributed by atoms with Gasteiger partial charge in [-0.15, -0.1) is 0 Å². The van der Waals surface area contributed by atoms with Crippen molar-refractivity contribution in [3.63, 3.8) is 0 Å². The Labute approximate surface area is 147 Å². The van der Waals surface area contributed by atoms with Gasteiger partial charge in [-0.1, -0.05) is 12.1 Å². The molecule has 0 spiro atoms. The second kappa shape index (κ2) is 6.88. The number of nitrogens with one attached hydrogen (secondary N) is 1. The molecule has 25 heavy (non-hydrogen) atoms. The molecule has 6 heteroatoms. The number of methoxy groups -OCH3 is 1. The number of hydrogen-bond donors (Lipinski definition) is 1. The Morgan fingerprint density at radius 3 is 2.92 bits per heavy atom. The normalized spacial score (nSPS) is 20.3. The number of amides is 1. The van der Waals surface area contributed by atoms with Crippen LogP contribution in [0.4, 0.5) is 0 Å². The first-order chi connectivity index (χ1) is 12.3. The maximum Gasteiger partial charge on any atom is 0.223 e. The fraction of sp³-hybridized carbons (Fsp3) is 0.474. The summed E-state index contributed by atoms with van der Waals surface area (Å²) < 4.78 is 7.34. The van der Waals surface area contributed by atoms with Crippen LogP contribution in [0.1, 0.15) is 25.0 Å². The van der Waals surface area contributed by atoms with Gasteiger partial charge in [0.15, 0.2) is 0 Å². The summed E-state index contributed by atoms with van der Waals surface area (Å²) in [6.07, 6.45) is 4.85. The maximum absolute atomic E-state index is 12.0. The van der Waals surface area contributed by atoms with Gasteiger partial charge in [-0.3, -0.25) is 4.79 Å². The van der Waals surface area contributed by atoms with Gasteiger partial charge in [0.25, 0.3) is 0 Å². The number of benzene rings is 1. The number of hydrogen-bond acceptors (Lipinski definition) is 4. The van der Waals surface area contributed by atoms with Gasteiger partial charge in [-0.25, -0.2) is 4.68 Å². The van der Waals surface area contributed by atoms with Crippen molar-refractivity contribution in [2.24, 2.45) is 5.92 Å². The Morgan fingerprint density at radius 1 is 1.28 bits per heavy atom. The third-order valence-corrected chi connectivity index (χ3v) is 5.00. The molecule has 2 heterocycles. The molecule has 2 fully saturated rings. The third kappa shape index (κ3) is 3.39. The smallest absolute Gasteiger partial charge is 0.223 e. The van der Waals surface area contributed by atoms with E-state index in [1.54, 1.807) is 13.3 Å². The minimum absolute atomic E-state index is 0.327. The number of carbonyl (C=O) groups excluding carboxylic acids is 1. The number of para-hydroxylation sites is 2. The summed E-state index contributed by atoms with van der Waals surface area (Å²) >= 11 is 0. The molecule has 1 saturated heterocycles. The van der Waals surface area contributed by atoms with Crippen LogP contribution in [0.25, 0.3) is 5.69 Å². The summed E-state index contributed by atoms with van der Waals surface area (Å²) in [7, 11) is 1.67. The number of aromatic nitrogens is 2. The average Bonchev–Trinajstić information content (AvgIpc) is 3.25.